The van der Waals surface area contributed by atoms with Crippen molar-refractivity contribution in [3.63, 3.8) is 0 Å². The highest BCUT2D eigenvalue weighted by Crippen LogP contribution is 2.28. The highest BCUT2D eigenvalue weighted by atomic mass is 35.5. The van der Waals surface area contributed by atoms with Crippen LogP contribution in [0.2, 0.25) is 5.02 Å². The summed E-state index contributed by atoms with van der Waals surface area (Å²) in [7, 11) is 0. The molecule has 2 amide bonds. The molecule has 0 atom stereocenters. The smallest absolute Gasteiger partial charge is 0.412 e. The first-order valence-electron chi connectivity index (χ1n) is 9.79. The molecule has 0 radical (unpaired) electrons. The molecule has 0 spiro atoms. The van der Waals surface area contributed by atoms with Crippen molar-refractivity contribution in [2.75, 3.05) is 10.6 Å². The first-order valence-corrected chi connectivity index (χ1v) is 10.2. The van der Waals surface area contributed by atoms with E-state index in [1.807, 2.05) is 18.2 Å². The van der Waals surface area contributed by atoms with E-state index in [1.165, 1.54) is 0 Å². The van der Waals surface area contributed by atoms with E-state index >= 15 is 0 Å². The summed E-state index contributed by atoms with van der Waals surface area (Å²) in [6.45, 7) is 5.38. The number of anilines is 2. The minimum atomic E-state index is -0.574. The second kappa shape index (κ2) is 9.66. The van der Waals surface area contributed by atoms with E-state index in [1.54, 1.807) is 57.3 Å². The molecule has 0 unspecified atom stereocenters. The highest BCUT2D eigenvalue weighted by molar-refractivity contribution is 6.33. The Morgan fingerprint density at radius 3 is 2.32 bits per heavy atom. The normalized spacial score (nSPS) is 11.1. The average Bonchev–Trinajstić information content (AvgIpc) is 3.15. The van der Waals surface area contributed by atoms with Crippen molar-refractivity contribution in [1.29, 1.82) is 0 Å². The third kappa shape index (κ3) is 6.86. The molecule has 0 bridgehead atoms. The maximum Gasteiger partial charge on any atom is 0.412 e. The highest BCUT2D eigenvalue weighted by Gasteiger charge is 2.16. The minimum absolute atomic E-state index is 0.176. The summed E-state index contributed by atoms with van der Waals surface area (Å²) < 4.78 is 10.9. The number of carbonyl (C=O) groups is 2. The summed E-state index contributed by atoms with van der Waals surface area (Å²) in [6, 6.07) is 14.1. The number of hydrogen-bond donors (Lipinski definition) is 2. The number of nitrogens with one attached hydrogen (secondary N) is 2. The lowest BCUT2D eigenvalue weighted by Gasteiger charge is -2.19. The van der Waals surface area contributed by atoms with Crippen LogP contribution in [0.5, 0.6) is 0 Å². The summed E-state index contributed by atoms with van der Waals surface area (Å²) in [6.07, 6.45) is 1.63. The molecule has 7 nitrogen and oxygen atoms in total. The van der Waals surface area contributed by atoms with Gasteiger partial charge in [-0.3, -0.25) is 10.1 Å². The predicted octanol–water partition coefficient (Wildman–Crippen LogP) is 5.91. The monoisotopic (exact) mass is 441 g/mol. The van der Waals surface area contributed by atoms with E-state index in [9.17, 15) is 9.59 Å². The first-order chi connectivity index (χ1) is 14.7. The van der Waals surface area contributed by atoms with Crippen LogP contribution in [0.15, 0.2) is 59.1 Å². The number of nitrogens with zero attached hydrogens (tertiary/aromatic N) is 1. The van der Waals surface area contributed by atoms with Gasteiger partial charge in [0.15, 0.2) is 11.7 Å². The molecule has 0 fully saturated rings. The Bertz CT molecular complexity index is 1060. The Labute approximate surface area is 185 Å². The molecule has 8 heteroatoms. The number of rotatable bonds is 6. The number of carbonyl (C=O) groups excluding carboxylic acids is 2. The summed E-state index contributed by atoms with van der Waals surface area (Å²) in [5, 5.41) is 6.02. The van der Waals surface area contributed by atoms with Gasteiger partial charge in [-0.1, -0.05) is 23.7 Å². The van der Waals surface area contributed by atoms with Gasteiger partial charge < -0.3 is 14.5 Å². The summed E-state index contributed by atoms with van der Waals surface area (Å²) in [4.78, 5) is 28.3. The van der Waals surface area contributed by atoms with Gasteiger partial charge in [-0.05, 0) is 57.2 Å². The molecule has 0 aliphatic carbocycles. The predicted molar refractivity (Wildman–Crippen MR) is 120 cm³/mol. The van der Waals surface area contributed by atoms with Crippen molar-refractivity contribution >= 4 is 35.0 Å². The van der Waals surface area contributed by atoms with Gasteiger partial charge >= 0.3 is 6.09 Å². The van der Waals surface area contributed by atoms with E-state index in [0.717, 1.165) is 5.56 Å². The number of amides is 2. The van der Waals surface area contributed by atoms with Crippen LogP contribution in [-0.4, -0.2) is 22.6 Å². The number of halogens is 1. The fourth-order valence-electron chi connectivity index (χ4n) is 2.71. The number of ether oxygens (including phenoxy) is 1. The molecule has 2 N–H and O–H groups in total. The van der Waals surface area contributed by atoms with Crippen molar-refractivity contribution in [2.24, 2.45) is 0 Å². The van der Waals surface area contributed by atoms with Crippen LogP contribution in [-0.2, 0) is 16.0 Å². The zero-order chi connectivity index (χ0) is 22.4. The zero-order valence-electron chi connectivity index (χ0n) is 17.6. The molecule has 0 aliphatic heterocycles. The van der Waals surface area contributed by atoms with Gasteiger partial charge in [0, 0.05) is 29.8 Å². The minimum Gasteiger partial charge on any atom is -0.444 e. The molecule has 162 valence electrons. The van der Waals surface area contributed by atoms with Crippen LogP contribution < -0.4 is 10.6 Å². The van der Waals surface area contributed by atoms with Crippen molar-refractivity contribution in [2.45, 2.75) is 39.2 Å². The second-order valence-electron chi connectivity index (χ2n) is 7.85. The lowest BCUT2D eigenvalue weighted by Crippen LogP contribution is -2.27. The van der Waals surface area contributed by atoms with Gasteiger partial charge in [0.2, 0.25) is 5.91 Å². The standard InChI is InChI=1S/C23H24ClN3O4/c1-23(2,3)31-22(29)27-16-10-8-15(9-11-16)26-20(28)12-13-21-25-14-19(30-21)17-6-4-5-7-18(17)24/h4-11,14H,12-13H2,1-3H3,(H,26,28)(H,27,29). The lowest BCUT2D eigenvalue weighted by atomic mass is 10.2. The van der Waals surface area contributed by atoms with Crippen LogP contribution >= 0.6 is 11.6 Å². The first kappa shape index (κ1) is 22.4. The molecule has 0 saturated carbocycles. The Kier molecular flexibility index (Phi) is 6.97. The Morgan fingerprint density at radius 2 is 1.68 bits per heavy atom. The number of hydrogen-bond acceptors (Lipinski definition) is 5. The molecule has 1 aromatic heterocycles. The third-order valence-corrected chi connectivity index (χ3v) is 4.40. The molecule has 31 heavy (non-hydrogen) atoms. The number of oxazole rings is 1. The average molecular weight is 442 g/mol. The summed E-state index contributed by atoms with van der Waals surface area (Å²) >= 11 is 6.17. The largest absolute Gasteiger partial charge is 0.444 e. The molecular formula is C23H24ClN3O4. The molecule has 1 heterocycles. The quantitative estimate of drug-likeness (QED) is 0.495. The topological polar surface area (TPSA) is 93.5 Å². The Hall–Kier alpha value is -3.32. The van der Waals surface area contributed by atoms with E-state index in [4.69, 9.17) is 20.8 Å². The van der Waals surface area contributed by atoms with Gasteiger partial charge in [0.05, 0.1) is 11.2 Å². The van der Waals surface area contributed by atoms with E-state index in [-0.39, 0.29) is 12.3 Å². The van der Waals surface area contributed by atoms with Gasteiger partial charge in [-0.2, -0.15) is 0 Å². The molecule has 3 aromatic rings. The van der Waals surface area contributed by atoms with Crippen LogP contribution in [0.3, 0.4) is 0 Å². The van der Waals surface area contributed by atoms with Crippen LogP contribution in [0, 0.1) is 0 Å². The fraction of sp³-hybridized carbons (Fsp3) is 0.261. The van der Waals surface area contributed by atoms with E-state index in [2.05, 4.69) is 15.6 Å². The number of aromatic nitrogens is 1. The van der Waals surface area contributed by atoms with Crippen LogP contribution in [0.4, 0.5) is 16.2 Å². The Balaban J connectivity index is 1.49. The molecule has 0 aliphatic rings. The van der Waals surface area contributed by atoms with Crippen molar-refractivity contribution < 1.29 is 18.7 Å². The van der Waals surface area contributed by atoms with Crippen molar-refractivity contribution in [1.82, 2.24) is 4.98 Å². The number of benzene rings is 2. The van der Waals surface area contributed by atoms with E-state index in [0.29, 0.717) is 34.5 Å². The van der Waals surface area contributed by atoms with Gasteiger partial charge in [-0.15, -0.1) is 0 Å². The van der Waals surface area contributed by atoms with Gasteiger partial charge in [0.25, 0.3) is 0 Å². The molecule has 0 saturated heterocycles. The third-order valence-electron chi connectivity index (χ3n) is 4.07. The number of aryl methyl sites for hydroxylation is 1. The maximum atomic E-state index is 12.2. The zero-order valence-corrected chi connectivity index (χ0v) is 18.3. The molecular weight excluding hydrogens is 418 g/mol. The molecule has 3 rings (SSSR count). The lowest BCUT2D eigenvalue weighted by molar-refractivity contribution is -0.116. The van der Waals surface area contributed by atoms with E-state index < -0.39 is 11.7 Å². The van der Waals surface area contributed by atoms with Crippen molar-refractivity contribution in [3.8, 4) is 11.3 Å². The maximum absolute atomic E-state index is 12.2. The van der Waals surface area contributed by atoms with Crippen LogP contribution in [0.25, 0.3) is 11.3 Å². The second-order valence-corrected chi connectivity index (χ2v) is 8.26. The SMILES string of the molecule is CC(C)(C)OC(=O)Nc1ccc(NC(=O)CCc2ncc(-c3ccccc3Cl)o2)cc1. The summed E-state index contributed by atoms with van der Waals surface area (Å²) in [5.41, 5.74) is 1.37. The fourth-order valence-corrected chi connectivity index (χ4v) is 2.94. The van der Waals surface area contributed by atoms with Gasteiger partial charge in [-0.25, -0.2) is 9.78 Å². The van der Waals surface area contributed by atoms with Crippen molar-refractivity contribution in [3.05, 3.63) is 65.6 Å². The van der Waals surface area contributed by atoms with Gasteiger partial charge in [0.1, 0.15) is 5.60 Å². The summed E-state index contributed by atoms with van der Waals surface area (Å²) in [5.74, 6) is 0.849. The Morgan fingerprint density at radius 1 is 1.03 bits per heavy atom. The molecule has 2 aromatic carbocycles. The van der Waals surface area contributed by atoms with Crippen LogP contribution in [0.1, 0.15) is 33.1 Å².